The van der Waals surface area contributed by atoms with Crippen LogP contribution in [-0.4, -0.2) is 22.9 Å². The van der Waals surface area contributed by atoms with Gasteiger partial charge in [0.05, 0.1) is 17.8 Å². The number of unbranched alkanes of at least 4 members (excludes halogenated alkanes) is 11. The second kappa shape index (κ2) is 12.3. The van der Waals surface area contributed by atoms with Crippen molar-refractivity contribution >= 4 is 0 Å². The first-order valence-electron chi connectivity index (χ1n) is 10.5. The molecule has 1 aliphatic carbocycles. The van der Waals surface area contributed by atoms with Crippen molar-refractivity contribution in [3.8, 4) is 0 Å². The molecule has 0 saturated heterocycles. The standard InChI is InChI=1S/C21H42O2/c1-4-5-6-7-8-9-10-11-12-13-14-15-16-20(23-19(2)3)21(22)17-18-21/h19-20,22H,4-18H2,1-3H3. The molecule has 138 valence electrons. The Kier molecular flexibility index (Phi) is 11.2. The maximum Gasteiger partial charge on any atom is 0.0910 e. The quantitative estimate of drug-likeness (QED) is 0.333. The predicted molar refractivity (Wildman–Crippen MR) is 99.9 cm³/mol. The zero-order chi connectivity index (χ0) is 17.0. The summed E-state index contributed by atoms with van der Waals surface area (Å²) in [5.41, 5.74) is -0.484. The van der Waals surface area contributed by atoms with Crippen LogP contribution in [0.5, 0.6) is 0 Å². The van der Waals surface area contributed by atoms with Gasteiger partial charge in [-0.2, -0.15) is 0 Å². The van der Waals surface area contributed by atoms with Crippen LogP contribution in [0.25, 0.3) is 0 Å². The number of hydrogen-bond donors (Lipinski definition) is 1. The summed E-state index contributed by atoms with van der Waals surface area (Å²) in [4.78, 5) is 0. The average molecular weight is 327 g/mol. The molecule has 0 bridgehead atoms. The summed E-state index contributed by atoms with van der Waals surface area (Å²) in [7, 11) is 0. The molecule has 0 heterocycles. The van der Waals surface area contributed by atoms with Crippen molar-refractivity contribution in [1.29, 1.82) is 0 Å². The Balaban J connectivity index is 1.88. The van der Waals surface area contributed by atoms with Crippen molar-refractivity contribution in [2.24, 2.45) is 0 Å². The van der Waals surface area contributed by atoms with Gasteiger partial charge in [0, 0.05) is 0 Å². The first-order valence-corrected chi connectivity index (χ1v) is 10.5. The average Bonchev–Trinajstić information content (AvgIpc) is 3.26. The minimum atomic E-state index is -0.484. The zero-order valence-corrected chi connectivity index (χ0v) is 16.1. The van der Waals surface area contributed by atoms with Crippen molar-refractivity contribution < 1.29 is 9.84 Å². The van der Waals surface area contributed by atoms with Gasteiger partial charge in [0.2, 0.25) is 0 Å². The van der Waals surface area contributed by atoms with Crippen molar-refractivity contribution in [2.75, 3.05) is 0 Å². The van der Waals surface area contributed by atoms with Gasteiger partial charge < -0.3 is 9.84 Å². The summed E-state index contributed by atoms with van der Waals surface area (Å²) in [6, 6.07) is 0. The Morgan fingerprint density at radius 3 is 1.61 bits per heavy atom. The minimum Gasteiger partial charge on any atom is -0.387 e. The summed E-state index contributed by atoms with van der Waals surface area (Å²) in [5, 5.41) is 10.3. The molecule has 0 aromatic carbocycles. The Bertz CT molecular complexity index is 271. The van der Waals surface area contributed by atoms with Gasteiger partial charge in [-0.05, 0) is 33.1 Å². The van der Waals surface area contributed by atoms with Gasteiger partial charge in [0.15, 0.2) is 0 Å². The highest BCUT2D eigenvalue weighted by Gasteiger charge is 2.48. The normalized spacial score (nSPS) is 17.6. The summed E-state index contributed by atoms with van der Waals surface area (Å²) in [6.45, 7) is 6.42. The Morgan fingerprint density at radius 1 is 0.783 bits per heavy atom. The highest BCUT2D eigenvalue weighted by Crippen LogP contribution is 2.42. The molecule has 1 N–H and O–H groups in total. The van der Waals surface area contributed by atoms with Crippen LogP contribution < -0.4 is 0 Å². The lowest BCUT2D eigenvalue weighted by atomic mass is 10.0. The summed E-state index contributed by atoms with van der Waals surface area (Å²) in [6.07, 6.45) is 19.8. The summed E-state index contributed by atoms with van der Waals surface area (Å²) in [5.74, 6) is 0. The first-order chi connectivity index (χ1) is 11.1. The fourth-order valence-corrected chi connectivity index (χ4v) is 3.41. The lowest BCUT2D eigenvalue weighted by Gasteiger charge is -2.25. The van der Waals surface area contributed by atoms with E-state index in [0.717, 1.165) is 19.3 Å². The van der Waals surface area contributed by atoms with E-state index in [9.17, 15) is 5.11 Å². The molecule has 1 fully saturated rings. The van der Waals surface area contributed by atoms with Crippen LogP contribution in [0.15, 0.2) is 0 Å². The second-order valence-corrected chi connectivity index (χ2v) is 7.95. The van der Waals surface area contributed by atoms with E-state index in [0.29, 0.717) is 0 Å². The molecule has 0 radical (unpaired) electrons. The van der Waals surface area contributed by atoms with E-state index in [-0.39, 0.29) is 12.2 Å². The Morgan fingerprint density at radius 2 is 1.22 bits per heavy atom. The topological polar surface area (TPSA) is 29.5 Å². The van der Waals surface area contributed by atoms with E-state index in [4.69, 9.17) is 4.74 Å². The molecular weight excluding hydrogens is 284 g/mol. The third-order valence-corrected chi connectivity index (χ3v) is 5.12. The molecule has 0 aromatic rings. The van der Waals surface area contributed by atoms with Crippen LogP contribution in [0.3, 0.4) is 0 Å². The maximum atomic E-state index is 10.3. The molecule has 1 unspecified atom stereocenters. The highest BCUT2D eigenvalue weighted by molar-refractivity contribution is 5.00. The molecule has 0 spiro atoms. The van der Waals surface area contributed by atoms with Crippen LogP contribution in [0.2, 0.25) is 0 Å². The van der Waals surface area contributed by atoms with Crippen molar-refractivity contribution in [3.05, 3.63) is 0 Å². The van der Waals surface area contributed by atoms with Gasteiger partial charge in [-0.3, -0.25) is 0 Å². The molecule has 2 nitrogen and oxygen atoms in total. The maximum absolute atomic E-state index is 10.3. The Labute approximate surface area is 145 Å². The van der Waals surface area contributed by atoms with Gasteiger partial charge in [0.25, 0.3) is 0 Å². The third-order valence-electron chi connectivity index (χ3n) is 5.12. The van der Waals surface area contributed by atoms with Gasteiger partial charge in [0.1, 0.15) is 0 Å². The SMILES string of the molecule is CCCCCCCCCCCCCCC(OC(C)C)C1(O)CC1. The molecule has 0 amide bonds. The number of ether oxygens (including phenoxy) is 1. The van der Waals surface area contributed by atoms with Crippen molar-refractivity contribution in [3.63, 3.8) is 0 Å². The van der Waals surface area contributed by atoms with E-state index in [2.05, 4.69) is 20.8 Å². The molecule has 1 aliphatic rings. The zero-order valence-electron chi connectivity index (χ0n) is 16.1. The van der Waals surface area contributed by atoms with Crippen LogP contribution in [-0.2, 0) is 4.74 Å². The van der Waals surface area contributed by atoms with Crippen LogP contribution in [0.4, 0.5) is 0 Å². The fraction of sp³-hybridized carbons (Fsp3) is 1.00. The van der Waals surface area contributed by atoms with Crippen LogP contribution >= 0.6 is 0 Å². The monoisotopic (exact) mass is 326 g/mol. The lowest BCUT2D eigenvalue weighted by Crippen LogP contribution is -2.33. The van der Waals surface area contributed by atoms with Gasteiger partial charge >= 0.3 is 0 Å². The molecule has 1 rings (SSSR count). The van der Waals surface area contributed by atoms with E-state index in [1.165, 1.54) is 77.0 Å². The van der Waals surface area contributed by atoms with Crippen LogP contribution in [0, 0.1) is 0 Å². The fourth-order valence-electron chi connectivity index (χ4n) is 3.41. The molecule has 2 heteroatoms. The molecular formula is C21H42O2. The van der Waals surface area contributed by atoms with E-state index < -0.39 is 5.60 Å². The molecule has 1 atom stereocenters. The minimum absolute atomic E-state index is 0.0746. The number of hydrogen-bond acceptors (Lipinski definition) is 2. The largest absolute Gasteiger partial charge is 0.387 e. The molecule has 0 aromatic heterocycles. The second-order valence-electron chi connectivity index (χ2n) is 7.95. The number of aliphatic hydroxyl groups is 1. The lowest BCUT2D eigenvalue weighted by molar-refractivity contribution is -0.0823. The van der Waals surface area contributed by atoms with E-state index >= 15 is 0 Å². The number of rotatable bonds is 16. The summed E-state index contributed by atoms with van der Waals surface area (Å²) >= 11 is 0. The Hall–Kier alpha value is -0.0800. The first kappa shape index (κ1) is 21.0. The van der Waals surface area contributed by atoms with Crippen molar-refractivity contribution in [1.82, 2.24) is 0 Å². The van der Waals surface area contributed by atoms with Crippen molar-refractivity contribution in [2.45, 2.75) is 135 Å². The van der Waals surface area contributed by atoms with Gasteiger partial charge in [-0.1, -0.05) is 84.0 Å². The van der Waals surface area contributed by atoms with Crippen LogP contribution in [0.1, 0.15) is 117 Å². The van der Waals surface area contributed by atoms with Gasteiger partial charge in [-0.15, -0.1) is 0 Å². The molecule has 0 aliphatic heterocycles. The molecule has 1 saturated carbocycles. The van der Waals surface area contributed by atoms with E-state index in [1.54, 1.807) is 0 Å². The smallest absolute Gasteiger partial charge is 0.0910 e. The van der Waals surface area contributed by atoms with Gasteiger partial charge in [-0.25, -0.2) is 0 Å². The summed E-state index contributed by atoms with van der Waals surface area (Å²) < 4.78 is 5.93. The van der Waals surface area contributed by atoms with E-state index in [1.807, 2.05) is 0 Å². The predicted octanol–water partition coefficient (Wildman–Crippen LogP) is 6.40. The third kappa shape index (κ3) is 10.4. The molecule has 23 heavy (non-hydrogen) atoms. The highest BCUT2D eigenvalue weighted by atomic mass is 16.5.